The van der Waals surface area contributed by atoms with E-state index in [0.717, 1.165) is 5.49 Å². The first-order valence-electron chi connectivity index (χ1n) is 4.97. The molecule has 3 nitrogen and oxygen atoms in total. The lowest BCUT2D eigenvalue weighted by atomic mass is 10.2. The van der Waals surface area contributed by atoms with Gasteiger partial charge in [-0.25, -0.2) is 4.99 Å². The highest BCUT2D eigenvalue weighted by Gasteiger charge is 1.97. The predicted octanol–water partition coefficient (Wildman–Crippen LogP) is 2.13. The van der Waals surface area contributed by atoms with Gasteiger partial charge in [-0.1, -0.05) is 18.2 Å². The third-order valence-electron chi connectivity index (χ3n) is 2.29. The molecule has 0 saturated carbocycles. The third-order valence-corrected chi connectivity index (χ3v) is 2.29. The number of nitriles is 1. The normalized spacial score (nSPS) is 11.1. The van der Waals surface area contributed by atoms with Crippen molar-refractivity contribution < 1.29 is 0 Å². The number of pyridine rings is 1. The van der Waals surface area contributed by atoms with E-state index in [2.05, 4.69) is 11.1 Å². The predicted molar refractivity (Wildman–Crippen MR) is 61.8 cm³/mol. The Bertz CT molecular complexity index is 603. The average Bonchev–Trinajstić information content (AvgIpc) is 2.33. The Morgan fingerprint density at radius 3 is 2.62 bits per heavy atom. The summed E-state index contributed by atoms with van der Waals surface area (Å²) >= 11 is 0. The summed E-state index contributed by atoms with van der Waals surface area (Å²) in [5.41, 5.74) is 2.11. The van der Waals surface area contributed by atoms with Crippen molar-refractivity contribution in [1.82, 2.24) is 4.57 Å². The second-order valence-corrected chi connectivity index (χ2v) is 3.41. The highest BCUT2D eigenvalue weighted by Crippen LogP contribution is 2.15. The zero-order valence-electron chi connectivity index (χ0n) is 8.96. The molecule has 0 N–H and O–H groups in total. The molecule has 2 rings (SSSR count). The maximum atomic E-state index is 8.95. The Morgan fingerprint density at radius 2 is 1.88 bits per heavy atom. The molecule has 0 saturated heterocycles. The molecule has 0 unspecified atom stereocenters. The fraction of sp³-hybridized carbons (Fsp3) is 0.0769. The molecule has 3 heteroatoms. The molecule has 1 aromatic carbocycles. The molecular weight excluding hydrogens is 198 g/mol. The molecule has 0 aliphatic heterocycles. The highest BCUT2D eigenvalue weighted by molar-refractivity contribution is 5.52. The van der Waals surface area contributed by atoms with E-state index >= 15 is 0 Å². The van der Waals surface area contributed by atoms with Crippen LogP contribution in [0.3, 0.4) is 0 Å². The van der Waals surface area contributed by atoms with Crippen molar-refractivity contribution in [1.29, 1.82) is 5.26 Å². The number of hydrogen-bond donors (Lipinski definition) is 0. The van der Waals surface area contributed by atoms with Crippen LogP contribution in [0.5, 0.6) is 0 Å². The number of para-hydroxylation sites is 1. The third kappa shape index (κ3) is 2.01. The molecule has 0 aliphatic carbocycles. The number of aryl methyl sites for hydroxylation is 1. The first-order chi connectivity index (χ1) is 7.81. The van der Waals surface area contributed by atoms with Crippen molar-refractivity contribution in [2.75, 3.05) is 0 Å². The smallest absolute Gasteiger partial charge is 0.132 e. The Labute approximate surface area is 93.9 Å². The van der Waals surface area contributed by atoms with Crippen LogP contribution in [0.1, 0.15) is 5.56 Å². The number of hydrogen-bond acceptors (Lipinski definition) is 2. The Morgan fingerprint density at radius 1 is 1.12 bits per heavy atom. The molecule has 0 radical (unpaired) electrons. The van der Waals surface area contributed by atoms with Crippen molar-refractivity contribution in [2.24, 2.45) is 12.0 Å². The van der Waals surface area contributed by atoms with Gasteiger partial charge in [0.1, 0.15) is 11.6 Å². The summed E-state index contributed by atoms with van der Waals surface area (Å²) in [5, 5.41) is 8.95. The zero-order valence-corrected chi connectivity index (χ0v) is 8.96. The van der Waals surface area contributed by atoms with Crippen molar-refractivity contribution in [3.8, 4) is 6.07 Å². The molecule has 1 heterocycles. The molecule has 1 aromatic heterocycles. The summed E-state index contributed by atoms with van der Waals surface area (Å²) in [6, 6.07) is 15.2. The van der Waals surface area contributed by atoms with Crippen molar-refractivity contribution >= 4 is 5.69 Å². The lowest BCUT2D eigenvalue weighted by Gasteiger charge is -2.00. The first-order valence-corrected chi connectivity index (χ1v) is 4.97. The van der Waals surface area contributed by atoms with Crippen LogP contribution in [-0.4, -0.2) is 4.57 Å². The van der Waals surface area contributed by atoms with E-state index in [-0.39, 0.29) is 0 Å². The molecule has 0 bridgehead atoms. The van der Waals surface area contributed by atoms with Crippen LogP contribution in [0.15, 0.2) is 53.7 Å². The van der Waals surface area contributed by atoms with E-state index in [1.807, 2.05) is 54.2 Å². The lowest BCUT2D eigenvalue weighted by molar-refractivity contribution is 0.835. The summed E-state index contributed by atoms with van der Waals surface area (Å²) in [7, 11) is 1.92. The van der Waals surface area contributed by atoms with Gasteiger partial charge in [0.2, 0.25) is 0 Å². The summed E-state index contributed by atoms with van der Waals surface area (Å²) in [4.78, 5) is 4.45. The van der Waals surface area contributed by atoms with Crippen molar-refractivity contribution in [2.45, 2.75) is 0 Å². The summed E-state index contributed by atoms with van der Waals surface area (Å²) in [6.45, 7) is 0. The highest BCUT2D eigenvalue weighted by atomic mass is 15.0. The molecular formula is C13H11N3. The summed E-state index contributed by atoms with van der Waals surface area (Å²) in [6.07, 6.45) is 1.92. The number of nitrogens with zero attached hydrogens (tertiary/aromatic N) is 3. The Balaban J connectivity index is 2.61. The average molecular weight is 209 g/mol. The summed E-state index contributed by atoms with van der Waals surface area (Å²) in [5.74, 6) is 0. The molecule has 0 spiro atoms. The number of rotatable bonds is 1. The van der Waals surface area contributed by atoms with Crippen molar-refractivity contribution in [3.05, 3.63) is 59.7 Å². The maximum Gasteiger partial charge on any atom is 0.132 e. The van der Waals surface area contributed by atoms with Crippen LogP contribution in [-0.2, 0) is 7.05 Å². The second kappa shape index (κ2) is 4.45. The largest absolute Gasteiger partial charge is 0.336 e. The van der Waals surface area contributed by atoms with Gasteiger partial charge >= 0.3 is 0 Å². The quantitative estimate of drug-likeness (QED) is 0.709. The van der Waals surface area contributed by atoms with Gasteiger partial charge in [0.25, 0.3) is 0 Å². The topological polar surface area (TPSA) is 41.1 Å². The van der Waals surface area contributed by atoms with E-state index in [0.29, 0.717) is 11.3 Å². The molecule has 0 amide bonds. The van der Waals surface area contributed by atoms with Crippen LogP contribution >= 0.6 is 0 Å². The molecule has 0 aliphatic rings. The fourth-order valence-electron chi connectivity index (χ4n) is 1.42. The lowest BCUT2D eigenvalue weighted by Crippen LogP contribution is -2.15. The van der Waals surface area contributed by atoms with E-state index < -0.39 is 0 Å². The standard InChI is InChI=1S/C13H11N3/c1-16-9-5-4-8-13(16)15-12-7-3-2-6-11(12)10-14/h2-9H,1H3. The number of benzene rings is 1. The molecule has 2 aromatic rings. The SMILES string of the molecule is Cn1ccccc1=Nc1ccccc1C#N. The van der Waals surface area contributed by atoms with Crippen LogP contribution in [0.4, 0.5) is 5.69 Å². The fourth-order valence-corrected chi connectivity index (χ4v) is 1.42. The van der Waals surface area contributed by atoms with E-state index in [1.54, 1.807) is 6.07 Å². The summed E-state index contributed by atoms with van der Waals surface area (Å²) < 4.78 is 1.91. The van der Waals surface area contributed by atoms with Crippen LogP contribution in [0.2, 0.25) is 0 Å². The Kier molecular flexibility index (Phi) is 2.84. The molecule has 0 fully saturated rings. The van der Waals surface area contributed by atoms with E-state index in [4.69, 9.17) is 5.26 Å². The van der Waals surface area contributed by atoms with Crippen LogP contribution in [0.25, 0.3) is 0 Å². The van der Waals surface area contributed by atoms with Crippen LogP contribution < -0.4 is 5.49 Å². The van der Waals surface area contributed by atoms with E-state index in [9.17, 15) is 0 Å². The van der Waals surface area contributed by atoms with Gasteiger partial charge in [0.15, 0.2) is 0 Å². The monoisotopic (exact) mass is 209 g/mol. The minimum atomic E-state index is 0.589. The zero-order chi connectivity index (χ0) is 11.4. The maximum absolute atomic E-state index is 8.95. The second-order valence-electron chi connectivity index (χ2n) is 3.41. The molecule has 78 valence electrons. The minimum Gasteiger partial charge on any atom is -0.336 e. The Hall–Kier alpha value is -2.34. The molecule has 0 atom stereocenters. The minimum absolute atomic E-state index is 0.589. The number of aromatic nitrogens is 1. The van der Waals surface area contributed by atoms with Gasteiger partial charge in [-0.2, -0.15) is 5.26 Å². The van der Waals surface area contributed by atoms with Gasteiger partial charge < -0.3 is 4.57 Å². The van der Waals surface area contributed by atoms with E-state index in [1.165, 1.54) is 0 Å². The molecule has 16 heavy (non-hydrogen) atoms. The van der Waals surface area contributed by atoms with Gasteiger partial charge in [0.05, 0.1) is 11.3 Å². The van der Waals surface area contributed by atoms with Crippen LogP contribution in [0, 0.1) is 11.3 Å². The van der Waals surface area contributed by atoms with Gasteiger partial charge in [0, 0.05) is 13.2 Å². The van der Waals surface area contributed by atoms with Gasteiger partial charge in [-0.05, 0) is 24.3 Å². The van der Waals surface area contributed by atoms with Gasteiger partial charge in [-0.15, -0.1) is 0 Å². The van der Waals surface area contributed by atoms with Gasteiger partial charge in [-0.3, -0.25) is 0 Å². The van der Waals surface area contributed by atoms with Crippen molar-refractivity contribution in [3.63, 3.8) is 0 Å². The first kappa shape index (κ1) is 10.2.